The molecule has 0 radical (unpaired) electrons. The summed E-state index contributed by atoms with van der Waals surface area (Å²) in [5.74, 6) is -0.650. The van der Waals surface area contributed by atoms with Gasteiger partial charge in [0.05, 0.1) is 0 Å². The Kier molecular flexibility index (Phi) is 48.9. The van der Waals surface area contributed by atoms with Crippen molar-refractivity contribution in [3.63, 3.8) is 0 Å². The minimum absolute atomic E-state index is 0.343. The van der Waals surface area contributed by atoms with E-state index in [4.69, 9.17) is 5.11 Å². The van der Waals surface area contributed by atoms with Gasteiger partial charge >= 0.3 is 5.97 Å². The predicted octanol–water partition coefficient (Wildman–Crippen LogP) is 17.6. The van der Waals surface area contributed by atoms with Crippen LogP contribution in [-0.4, -0.2) is 24.2 Å². The second-order valence-electron chi connectivity index (χ2n) is 17.5. The summed E-state index contributed by atoms with van der Waals surface area (Å²) in [6.07, 6.45) is 64.2. The van der Waals surface area contributed by atoms with E-state index in [1.807, 2.05) is 0 Å². The highest BCUT2D eigenvalue weighted by Crippen LogP contribution is 2.17. The number of nitrogens with one attached hydrogen (secondary N) is 1. The van der Waals surface area contributed by atoms with Crippen molar-refractivity contribution in [3.05, 3.63) is 0 Å². The van der Waals surface area contributed by atoms with Crippen LogP contribution in [0.1, 0.15) is 302 Å². The van der Waals surface area contributed by atoms with E-state index >= 15 is 0 Å². The number of hydrogen-bond acceptors (Lipinski definition) is 2. The van der Waals surface area contributed by atoms with Crippen LogP contribution in [0.25, 0.3) is 0 Å². The fourth-order valence-electron chi connectivity index (χ4n) is 8.22. The van der Waals surface area contributed by atoms with Gasteiger partial charge in [0, 0.05) is 6.42 Å². The molecular formula is C50H101NO2. The van der Waals surface area contributed by atoms with Crippen LogP contribution in [0.5, 0.6) is 0 Å². The maximum atomic E-state index is 10.5. The van der Waals surface area contributed by atoms with Crippen LogP contribution in [0.4, 0.5) is 0 Å². The van der Waals surface area contributed by atoms with Gasteiger partial charge in [-0.15, -0.1) is 0 Å². The molecule has 0 aromatic rings. The van der Waals surface area contributed by atoms with Gasteiger partial charge < -0.3 is 10.4 Å². The zero-order valence-electron chi connectivity index (χ0n) is 36.8. The maximum absolute atomic E-state index is 10.5. The smallest absolute Gasteiger partial charge is 0.303 e. The van der Waals surface area contributed by atoms with Gasteiger partial charge in [0.15, 0.2) is 0 Å². The Bertz CT molecular complexity index is 651. The first-order valence-corrected chi connectivity index (χ1v) is 25.2. The van der Waals surface area contributed by atoms with Crippen molar-refractivity contribution in [2.24, 2.45) is 0 Å². The van der Waals surface area contributed by atoms with Crippen LogP contribution >= 0.6 is 0 Å². The van der Waals surface area contributed by atoms with Gasteiger partial charge in [-0.2, -0.15) is 0 Å². The average molecular weight is 748 g/mol. The molecule has 0 unspecified atom stereocenters. The number of carbonyl (C=O) groups is 1. The van der Waals surface area contributed by atoms with Crippen LogP contribution in [0, 0.1) is 0 Å². The molecule has 0 saturated heterocycles. The third-order valence-electron chi connectivity index (χ3n) is 12.0. The molecule has 0 aliphatic carbocycles. The molecule has 0 bridgehead atoms. The molecule has 0 rings (SSSR count). The van der Waals surface area contributed by atoms with Gasteiger partial charge in [0.2, 0.25) is 0 Å². The molecular weight excluding hydrogens is 647 g/mol. The summed E-state index contributed by atoms with van der Waals surface area (Å²) in [5, 5.41) is 12.3. The van der Waals surface area contributed by atoms with E-state index in [1.54, 1.807) is 0 Å². The molecule has 0 fully saturated rings. The summed E-state index contributed by atoms with van der Waals surface area (Å²) in [5.41, 5.74) is 0. The highest BCUT2D eigenvalue weighted by Gasteiger charge is 1.99. The molecule has 0 atom stereocenters. The fraction of sp³-hybridized carbons (Fsp3) is 0.980. The van der Waals surface area contributed by atoms with E-state index in [1.165, 1.54) is 289 Å². The SMILES string of the molecule is CCCCCCCCCCCCCCCCCCCCCCCCCCCCCCCCCCCNCCCCCCCCCCCCCCC(=O)O. The monoisotopic (exact) mass is 748 g/mol. The average Bonchev–Trinajstić information content (AvgIpc) is 3.15. The summed E-state index contributed by atoms with van der Waals surface area (Å²) in [7, 11) is 0. The number of aliphatic carboxylic acids is 1. The molecule has 0 aromatic heterocycles. The summed E-state index contributed by atoms with van der Waals surface area (Å²) in [4.78, 5) is 10.5. The van der Waals surface area contributed by atoms with Crippen molar-refractivity contribution in [2.75, 3.05) is 13.1 Å². The summed E-state index contributed by atoms with van der Waals surface area (Å²) in [6.45, 7) is 4.74. The molecule has 3 heteroatoms. The largest absolute Gasteiger partial charge is 0.481 e. The van der Waals surface area contributed by atoms with E-state index in [9.17, 15) is 4.79 Å². The first kappa shape index (κ1) is 52.4. The number of unbranched alkanes of at least 4 members (excludes halogenated alkanes) is 43. The topological polar surface area (TPSA) is 49.3 Å². The lowest BCUT2D eigenvalue weighted by Crippen LogP contribution is -2.16. The quantitative estimate of drug-likeness (QED) is 0.0609. The minimum Gasteiger partial charge on any atom is -0.481 e. The Morgan fingerprint density at radius 2 is 0.453 bits per heavy atom. The van der Waals surface area contributed by atoms with Gasteiger partial charge in [0.1, 0.15) is 0 Å². The lowest BCUT2D eigenvalue weighted by molar-refractivity contribution is -0.137. The van der Waals surface area contributed by atoms with Gasteiger partial charge in [-0.3, -0.25) is 4.79 Å². The normalized spacial score (nSPS) is 11.6. The van der Waals surface area contributed by atoms with Gasteiger partial charge in [0.25, 0.3) is 0 Å². The maximum Gasteiger partial charge on any atom is 0.303 e. The predicted molar refractivity (Wildman–Crippen MR) is 239 cm³/mol. The van der Waals surface area contributed by atoms with Crippen molar-refractivity contribution in [2.45, 2.75) is 302 Å². The number of carboxylic acids is 1. The van der Waals surface area contributed by atoms with E-state index in [0.717, 1.165) is 12.8 Å². The van der Waals surface area contributed by atoms with Crippen LogP contribution in [-0.2, 0) is 4.79 Å². The first-order chi connectivity index (χ1) is 26.3. The molecule has 0 amide bonds. The number of hydrogen-bond donors (Lipinski definition) is 2. The molecule has 0 spiro atoms. The van der Waals surface area contributed by atoms with E-state index in [-0.39, 0.29) is 0 Å². The third kappa shape index (κ3) is 51.4. The summed E-state index contributed by atoms with van der Waals surface area (Å²) >= 11 is 0. The van der Waals surface area contributed by atoms with Crippen molar-refractivity contribution in [3.8, 4) is 0 Å². The lowest BCUT2D eigenvalue weighted by Gasteiger charge is -2.06. The van der Waals surface area contributed by atoms with Crippen molar-refractivity contribution < 1.29 is 9.90 Å². The molecule has 0 saturated carbocycles. The van der Waals surface area contributed by atoms with Crippen molar-refractivity contribution >= 4 is 5.97 Å². The Morgan fingerprint density at radius 3 is 0.642 bits per heavy atom. The molecule has 0 aromatic carbocycles. The zero-order valence-corrected chi connectivity index (χ0v) is 36.8. The molecule has 0 aliphatic rings. The van der Waals surface area contributed by atoms with Crippen LogP contribution in [0.3, 0.4) is 0 Å². The molecule has 3 nitrogen and oxygen atoms in total. The molecule has 53 heavy (non-hydrogen) atoms. The zero-order chi connectivity index (χ0) is 38.2. The second kappa shape index (κ2) is 49.4. The van der Waals surface area contributed by atoms with Crippen LogP contribution in [0.15, 0.2) is 0 Å². The Morgan fingerprint density at radius 1 is 0.283 bits per heavy atom. The standard InChI is InChI=1S/C50H101NO2/c1-2-3-4-5-6-7-8-9-10-11-12-13-14-15-16-17-18-19-20-21-22-23-24-25-26-27-28-30-33-36-39-42-45-48-51-49-46-43-40-37-34-31-29-32-35-38-41-44-47-50(52)53/h51H,2-49H2,1H3,(H,52,53). The molecule has 318 valence electrons. The van der Waals surface area contributed by atoms with Crippen molar-refractivity contribution in [1.29, 1.82) is 0 Å². The molecule has 0 heterocycles. The van der Waals surface area contributed by atoms with Crippen molar-refractivity contribution in [1.82, 2.24) is 5.32 Å². The Balaban J connectivity index is 3.05. The number of carboxylic acid groups (broad SMARTS) is 1. The summed E-state index contributed by atoms with van der Waals surface area (Å²) in [6, 6.07) is 0. The molecule has 0 aliphatic heterocycles. The minimum atomic E-state index is -0.650. The van der Waals surface area contributed by atoms with E-state index in [2.05, 4.69) is 12.2 Å². The highest BCUT2D eigenvalue weighted by atomic mass is 16.4. The summed E-state index contributed by atoms with van der Waals surface area (Å²) < 4.78 is 0. The van der Waals surface area contributed by atoms with Gasteiger partial charge in [-0.1, -0.05) is 277 Å². The third-order valence-corrected chi connectivity index (χ3v) is 12.0. The fourth-order valence-corrected chi connectivity index (χ4v) is 8.22. The second-order valence-corrected chi connectivity index (χ2v) is 17.5. The Labute approximate surface area is 335 Å². The molecule has 2 N–H and O–H groups in total. The van der Waals surface area contributed by atoms with Crippen LogP contribution < -0.4 is 5.32 Å². The highest BCUT2D eigenvalue weighted by molar-refractivity contribution is 5.66. The Hall–Kier alpha value is -0.570. The van der Waals surface area contributed by atoms with Crippen LogP contribution in [0.2, 0.25) is 0 Å². The van der Waals surface area contributed by atoms with E-state index < -0.39 is 5.97 Å². The lowest BCUT2D eigenvalue weighted by atomic mass is 10.0. The van der Waals surface area contributed by atoms with E-state index in [0.29, 0.717) is 6.42 Å². The number of rotatable bonds is 49. The first-order valence-electron chi connectivity index (χ1n) is 25.2. The van der Waals surface area contributed by atoms with Gasteiger partial charge in [-0.25, -0.2) is 0 Å². The van der Waals surface area contributed by atoms with Gasteiger partial charge in [-0.05, 0) is 32.4 Å².